The van der Waals surface area contributed by atoms with E-state index in [1.807, 2.05) is 12.3 Å². The van der Waals surface area contributed by atoms with Crippen molar-refractivity contribution >= 4 is 22.6 Å². The molecule has 1 aliphatic heterocycles. The molecule has 86 valence electrons. The molecule has 1 aromatic rings. The van der Waals surface area contributed by atoms with Crippen molar-refractivity contribution in [1.82, 2.24) is 4.98 Å². The normalized spacial score (nSPS) is 25.1. The van der Waals surface area contributed by atoms with Crippen molar-refractivity contribution in [3.05, 3.63) is 24.0 Å². The number of anilines is 1. The van der Waals surface area contributed by atoms with Gasteiger partial charge in [-0.15, -0.1) is 0 Å². The molecule has 4 heteroatoms. The summed E-state index contributed by atoms with van der Waals surface area (Å²) in [7, 11) is 0. The lowest BCUT2D eigenvalue weighted by Gasteiger charge is -2.23. The number of aliphatic imine (C=N–C) groups is 1. The van der Waals surface area contributed by atoms with Gasteiger partial charge in [0.05, 0.1) is 17.9 Å². The average molecular weight is 235 g/mol. The standard InChI is InChI=1S/C12H17N3S/c1-8-4-5-13-6-11(8)15-12-14-10(3)9(2)7-16-12/h4-6,9-10H,7H2,1-3H3,(H,14,15). The van der Waals surface area contributed by atoms with E-state index >= 15 is 0 Å². The molecule has 2 rings (SSSR count). The van der Waals surface area contributed by atoms with Gasteiger partial charge in [0.15, 0.2) is 5.17 Å². The van der Waals surface area contributed by atoms with Gasteiger partial charge in [-0.3, -0.25) is 9.98 Å². The summed E-state index contributed by atoms with van der Waals surface area (Å²) >= 11 is 1.79. The molecule has 0 aromatic carbocycles. The van der Waals surface area contributed by atoms with Crippen LogP contribution >= 0.6 is 11.8 Å². The van der Waals surface area contributed by atoms with Crippen molar-refractivity contribution in [2.45, 2.75) is 26.8 Å². The van der Waals surface area contributed by atoms with Crippen LogP contribution in [-0.4, -0.2) is 21.9 Å². The third-order valence-corrected chi connectivity index (χ3v) is 4.08. The highest BCUT2D eigenvalue weighted by Crippen LogP contribution is 2.24. The summed E-state index contributed by atoms with van der Waals surface area (Å²) in [4.78, 5) is 8.76. The summed E-state index contributed by atoms with van der Waals surface area (Å²) in [5.74, 6) is 1.79. The highest BCUT2D eigenvalue weighted by Gasteiger charge is 2.19. The van der Waals surface area contributed by atoms with E-state index < -0.39 is 0 Å². The molecule has 16 heavy (non-hydrogen) atoms. The van der Waals surface area contributed by atoms with Gasteiger partial charge in [-0.25, -0.2) is 0 Å². The Balaban J connectivity index is 2.11. The number of nitrogens with one attached hydrogen (secondary N) is 1. The van der Waals surface area contributed by atoms with Crippen LogP contribution in [0.1, 0.15) is 19.4 Å². The monoisotopic (exact) mass is 235 g/mol. The largest absolute Gasteiger partial charge is 0.333 e. The van der Waals surface area contributed by atoms with Crippen molar-refractivity contribution in [2.24, 2.45) is 10.9 Å². The summed E-state index contributed by atoms with van der Waals surface area (Å²) < 4.78 is 0. The Kier molecular flexibility index (Phi) is 3.49. The first-order valence-corrected chi connectivity index (χ1v) is 6.53. The van der Waals surface area contributed by atoms with Crippen LogP contribution in [0, 0.1) is 12.8 Å². The molecule has 2 unspecified atom stereocenters. The minimum Gasteiger partial charge on any atom is -0.333 e. The molecule has 2 atom stereocenters. The molecular formula is C12H17N3S. The Morgan fingerprint density at radius 1 is 1.44 bits per heavy atom. The smallest absolute Gasteiger partial charge is 0.161 e. The lowest BCUT2D eigenvalue weighted by Crippen LogP contribution is -2.25. The van der Waals surface area contributed by atoms with Gasteiger partial charge in [0.1, 0.15) is 0 Å². The predicted octanol–water partition coefficient (Wildman–Crippen LogP) is 2.93. The topological polar surface area (TPSA) is 37.3 Å². The highest BCUT2D eigenvalue weighted by molar-refractivity contribution is 8.14. The fraction of sp³-hybridized carbons (Fsp3) is 0.500. The highest BCUT2D eigenvalue weighted by atomic mass is 32.2. The van der Waals surface area contributed by atoms with Gasteiger partial charge in [-0.05, 0) is 31.4 Å². The molecule has 1 aromatic heterocycles. The Hall–Kier alpha value is -1.03. The molecule has 2 heterocycles. The van der Waals surface area contributed by atoms with Gasteiger partial charge in [0.25, 0.3) is 0 Å². The maximum atomic E-state index is 4.64. The summed E-state index contributed by atoms with van der Waals surface area (Å²) in [6.45, 7) is 6.49. The quantitative estimate of drug-likeness (QED) is 0.813. The number of thioether (sulfide) groups is 1. The number of hydrogen-bond donors (Lipinski definition) is 1. The third kappa shape index (κ3) is 2.55. The molecule has 1 N–H and O–H groups in total. The number of amidine groups is 1. The lowest BCUT2D eigenvalue weighted by molar-refractivity contribution is 0.537. The van der Waals surface area contributed by atoms with Crippen LogP contribution in [0.5, 0.6) is 0 Å². The van der Waals surface area contributed by atoms with Gasteiger partial charge < -0.3 is 5.32 Å². The van der Waals surface area contributed by atoms with Crippen LogP contribution in [0.4, 0.5) is 5.69 Å². The zero-order chi connectivity index (χ0) is 11.5. The zero-order valence-corrected chi connectivity index (χ0v) is 10.7. The maximum absolute atomic E-state index is 4.64. The second kappa shape index (κ2) is 4.87. The van der Waals surface area contributed by atoms with Crippen LogP contribution in [0.2, 0.25) is 0 Å². The number of nitrogens with zero attached hydrogens (tertiary/aromatic N) is 2. The zero-order valence-electron chi connectivity index (χ0n) is 9.90. The van der Waals surface area contributed by atoms with Crippen LogP contribution in [0.15, 0.2) is 23.5 Å². The van der Waals surface area contributed by atoms with E-state index in [4.69, 9.17) is 0 Å². The number of rotatable bonds is 1. The third-order valence-electron chi connectivity index (χ3n) is 2.91. The van der Waals surface area contributed by atoms with Gasteiger partial charge in [0, 0.05) is 11.9 Å². The number of aryl methyl sites for hydroxylation is 1. The Morgan fingerprint density at radius 2 is 2.25 bits per heavy atom. The Bertz CT molecular complexity index is 403. The number of aromatic nitrogens is 1. The van der Waals surface area contributed by atoms with E-state index in [1.54, 1.807) is 18.0 Å². The second-order valence-electron chi connectivity index (χ2n) is 4.28. The molecule has 0 saturated carbocycles. The van der Waals surface area contributed by atoms with Gasteiger partial charge >= 0.3 is 0 Å². The van der Waals surface area contributed by atoms with E-state index in [0.717, 1.165) is 16.6 Å². The summed E-state index contributed by atoms with van der Waals surface area (Å²) in [5, 5.41) is 4.37. The summed E-state index contributed by atoms with van der Waals surface area (Å²) in [6, 6.07) is 2.41. The summed E-state index contributed by atoms with van der Waals surface area (Å²) in [5.41, 5.74) is 2.25. The minimum atomic E-state index is 0.403. The predicted molar refractivity (Wildman–Crippen MR) is 71.1 cm³/mol. The molecule has 1 aliphatic rings. The van der Waals surface area contributed by atoms with E-state index in [-0.39, 0.29) is 0 Å². The first-order chi connectivity index (χ1) is 7.66. The van der Waals surface area contributed by atoms with E-state index in [1.165, 1.54) is 5.56 Å². The summed E-state index contributed by atoms with van der Waals surface area (Å²) in [6.07, 6.45) is 3.65. The van der Waals surface area contributed by atoms with Crippen molar-refractivity contribution < 1.29 is 0 Å². The van der Waals surface area contributed by atoms with Gasteiger partial charge in [-0.2, -0.15) is 0 Å². The first-order valence-electron chi connectivity index (χ1n) is 5.55. The van der Waals surface area contributed by atoms with Crippen molar-refractivity contribution in [3.63, 3.8) is 0 Å². The van der Waals surface area contributed by atoms with Gasteiger partial charge in [0.2, 0.25) is 0 Å². The molecule has 0 radical (unpaired) electrons. The molecule has 0 spiro atoms. The van der Waals surface area contributed by atoms with Crippen molar-refractivity contribution in [1.29, 1.82) is 0 Å². The van der Waals surface area contributed by atoms with Crippen LogP contribution in [0.25, 0.3) is 0 Å². The Labute approximate surface area is 101 Å². The second-order valence-corrected chi connectivity index (χ2v) is 5.29. The molecule has 0 fully saturated rings. The van der Waals surface area contributed by atoms with Crippen LogP contribution in [0.3, 0.4) is 0 Å². The minimum absolute atomic E-state index is 0.403. The SMILES string of the molecule is Cc1ccncc1NC1=NC(C)C(C)CS1. The van der Waals surface area contributed by atoms with E-state index in [0.29, 0.717) is 12.0 Å². The maximum Gasteiger partial charge on any atom is 0.161 e. The van der Waals surface area contributed by atoms with Crippen molar-refractivity contribution in [3.8, 4) is 0 Å². The molecule has 0 bridgehead atoms. The fourth-order valence-corrected chi connectivity index (χ4v) is 2.60. The van der Waals surface area contributed by atoms with Crippen molar-refractivity contribution in [2.75, 3.05) is 11.1 Å². The fourth-order valence-electron chi connectivity index (χ4n) is 1.48. The number of pyridine rings is 1. The van der Waals surface area contributed by atoms with E-state index in [2.05, 4.69) is 36.1 Å². The van der Waals surface area contributed by atoms with Crippen LogP contribution in [-0.2, 0) is 0 Å². The lowest BCUT2D eigenvalue weighted by atomic mass is 10.1. The molecular weight excluding hydrogens is 218 g/mol. The van der Waals surface area contributed by atoms with E-state index in [9.17, 15) is 0 Å². The molecule has 3 nitrogen and oxygen atoms in total. The molecule has 0 amide bonds. The first kappa shape index (κ1) is 11.5. The number of hydrogen-bond acceptors (Lipinski definition) is 4. The molecule has 0 aliphatic carbocycles. The Morgan fingerprint density at radius 3 is 2.94 bits per heavy atom. The van der Waals surface area contributed by atoms with Crippen LogP contribution < -0.4 is 5.32 Å². The average Bonchev–Trinajstić information content (AvgIpc) is 2.27. The van der Waals surface area contributed by atoms with Gasteiger partial charge in [-0.1, -0.05) is 18.7 Å². The molecule has 0 saturated heterocycles.